The molecular weight excluding hydrogens is 178 g/mol. The van der Waals surface area contributed by atoms with E-state index in [9.17, 15) is 13.0 Å². The van der Waals surface area contributed by atoms with Crippen molar-refractivity contribution < 1.29 is 13.0 Å². The highest BCUT2D eigenvalue weighted by Crippen LogP contribution is 2.22. The molecule has 0 radical (unpaired) electrons. The van der Waals surface area contributed by atoms with Crippen molar-refractivity contribution in [2.24, 2.45) is 0 Å². The zero-order valence-corrected chi connectivity index (χ0v) is 8.01. The van der Waals surface area contributed by atoms with Crippen molar-refractivity contribution in [3.63, 3.8) is 0 Å². The number of hydrogen-bond donors (Lipinski definition) is 0. The molecule has 0 heterocycles. The normalized spacial score (nSPS) is 21.6. The van der Waals surface area contributed by atoms with E-state index in [0.717, 1.165) is 36.4 Å². The van der Waals surface area contributed by atoms with Gasteiger partial charge >= 0.3 is 0 Å². The number of rotatable bonds is 2. The molecule has 0 aromatic heterocycles. The first-order valence-corrected chi connectivity index (χ1v) is 5.57. The summed E-state index contributed by atoms with van der Waals surface area (Å²) in [5.74, 6) is 0. The molecule has 12 heavy (non-hydrogen) atoms. The Morgan fingerprint density at radius 1 is 1.25 bits per heavy atom. The van der Waals surface area contributed by atoms with Gasteiger partial charge in [0.05, 0.1) is 0 Å². The van der Waals surface area contributed by atoms with Gasteiger partial charge in [-0.3, -0.25) is 0 Å². The Hall–Kier alpha value is -0.130. The third-order valence-electron chi connectivity index (χ3n) is 2.44. The minimum atomic E-state index is -4.22. The summed E-state index contributed by atoms with van der Waals surface area (Å²) >= 11 is 0. The Kier molecular flexibility index (Phi) is 3.09. The Labute approximate surface area is 73.4 Å². The fourth-order valence-electron chi connectivity index (χ4n) is 1.63. The Morgan fingerprint density at radius 3 is 2.17 bits per heavy atom. The van der Waals surface area contributed by atoms with E-state index in [1.165, 1.54) is 7.05 Å². The molecule has 0 amide bonds. The van der Waals surface area contributed by atoms with E-state index in [0.29, 0.717) is 0 Å². The summed E-state index contributed by atoms with van der Waals surface area (Å²) in [6.45, 7) is 0. The second-order valence-electron chi connectivity index (χ2n) is 3.27. The Balaban J connectivity index is 2.57. The minimum Gasteiger partial charge on any atom is -0.735 e. The average Bonchev–Trinajstić information content (AvgIpc) is 2.03. The van der Waals surface area contributed by atoms with Crippen molar-refractivity contribution >= 4 is 10.3 Å². The molecule has 0 saturated heterocycles. The number of hydrogen-bond acceptors (Lipinski definition) is 3. The van der Waals surface area contributed by atoms with Crippen molar-refractivity contribution in [1.82, 2.24) is 4.31 Å². The molecule has 1 aliphatic rings. The van der Waals surface area contributed by atoms with E-state index in [4.69, 9.17) is 0 Å². The van der Waals surface area contributed by atoms with E-state index in [2.05, 4.69) is 0 Å². The van der Waals surface area contributed by atoms with Gasteiger partial charge in [0, 0.05) is 13.1 Å². The van der Waals surface area contributed by atoms with Crippen LogP contribution in [0.25, 0.3) is 0 Å². The first kappa shape index (κ1) is 9.95. The monoisotopic (exact) mass is 192 g/mol. The maximum absolute atomic E-state index is 10.6. The van der Waals surface area contributed by atoms with Gasteiger partial charge < -0.3 is 4.55 Å². The molecule has 0 spiro atoms. The molecule has 1 fully saturated rings. The molecular formula is C7H14NO3S-. The summed E-state index contributed by atoms with van der Waals surface area (Å²) in [5, 5.41) is 0. The van der Waals surface area contributed by atoms with E-state index < -0.39 is 10.3 Å². The van der Waals surface area contributed by atoms with E-state index in [1.54, 1.807) is 0 Å². The van der Waals surface area contributed by atoms with Crippen LogP contribution in [0.4, 0.5) is 0 Å². The highest BCUT2D eigenvalue weighted by molar-refractivity contribution is 7.83. The topological polar surface area (TPSA) is 60.4 Å². The van der Waals surface area contributed by atoms with Gasteiger partial charge in [-0.05, 0) is 12.8 Å². The second-order valence-corrected chi connectivity index (χ2v) is 4.70. The summed E-state index contributed by atoms with van der Waals surface area (Å²) < 4.78 is 32.8. The van der Waals surface area contributed by atoms with Crippen LogP contribution in [0.15, 0.2) is 0 Å². The van der Waals surface area contributed by atoms with Crippen molar-refractivity contribution in [2.45, 2.75) is 38.1 Å². The van der Waals surface area contributed by atoms with Crippen LogP contribution >= 0.6 is 0 Å². The Bertz CT molecular complexity index is 231. The second kappa shape index (κ2) is 3.72. The molecule has 4 nitrogen and oxygen atoms in total. The molecule has 0 aliphatic heterocycles. The molecule has 72 valence electrons. The fraction of sp³-hybridized carbons (Fsp3) is 1.00. The van der Waals surface area contributed by atoms with Gasteiger partial charge in [0.15, 0.2) is 10.3 Å². The summed E-state index contributed by atoms with van der Waals surface area (Å²) in [5.41, 5.74) is 0. The molecule has 0 bridgehead atoms. The zero-order chi connectivity index (χ0) is 9.19. The van der Waals surface area contributed by atoms with Gasteiger partial charge in [-0.1, -0.05) is 19.3 Å². The van der Waals surface area contributed by atoms with Gasteiger partial charge in [0.1, 0.15) is 0 Å². The van der Waals surface area contributed by atoms with Gasteiger partial charge in [0.2, 0.25) is 0 Å². The molecule has 0 N–H and O–H groups in total. The van der Waals surface area contributed by atoms with Crippen LogP contribution in [0, 0.1) is 0 Å². The highest BCUT2D eigenvalue weighted by atomic mass is 32.2. The van der Waals surface area contributed by atoms with Crippen molar-refractivity contribution in [3.05, 3.63) is 0 Å². The van der Waals surface area contributed by atoms with E-state index in [-0.39, 0.29) is 6.04 Å². The van der Waals surface area contributed by atoms with Crippen molar-refractivity contribution in [2.75, 3.05) is 7.05 Å². The Morgan fingerprint density at radius 2 is 1.75 bits per heavy atom. The molecule has 1 rings (SSSR count). The molecule has 5 heteroatoms. The number of nitrogens with zero attached hydrogens (tertiary/aromatic N) is 1. The largest absolute Gasteiger partial charge is 0.735 e. The van der Waals surface area contributed by atoms with E-state index >= 15 is 0 Å². The maximum atomic E-state index is 10.6. The molecule has 1 aliphatic carbocycles. The van der Waals surface area contributed by atoms with Crippen molar-refractivity contribution in [1.29, 1.82) is 0 Å². The first-order valence-electron chi connectivity index (χ1n) is 4.20. The minimum absolute atomic E-state index is 0.0544. The third-order valence-corrected chi connectivity index (χ3v) is 3.45. The summed E-state index contributed by atoms with van der Waals surface area (Å²) in [6.07, 6.45) is 4.88. The van der Waals surface area contributed by atoms with Crippen LogP contribution in [-0.2, 0) is 10.3 Å². The summed E-state index contributed by atoms with van der Waals surface area (Å²) in [6, 6.07) is -0.0544. The lowest BCUT2D eigenvalue weighted by atomic mass is 9.96. The molecule has 1 saturated carbocycles. The zero-order valence-electron chi connectivity index (χ0n) is 7.19. The van der Waals surface area contributed by atoms with Gasteiger partial charge in [0.25, 0.3) is 0 Å². The van der Waals surface area contributed by atoms with Crippen molar-refractivity contribution in [3.8, 4) is 0 Å². The van der Waals surface area contributed by atoms with Crippen LogP contribution in [0.5, 0.6) is 0 Å². The van der Waals surface area contributed by atoms with Gasteiger partial charge in [-0.2, -0.15) is 0 Å². The van der Waals surface area contributed by atoms with Gasteiger partial charge in [-0.15, -0.1) is 0 Å². The molecule has 0 atom stereocenters. The molecule has 0 aromatic rings. The van der Waals surface area contributed by atoms with Gasteiger partial charge in [-0.25, -0.2) is 12.7 Å². The molecule has 0 unspecified atom stereocenters. The molecule has 0 aromatic carbocycles. The van der Waals surface area contributed by atoms with Crippen LogP contribution < -0.4 is 0 Å². The maximum Gasteiger partial charge on any atom is 0.161 e. The lowest BCUT2D eigenvalue weighted by molar-refractivity contribution is 0.260. The summed E-state index contributed by atoms with van der Waals surface area (Å²) in [4.78, 5) is 0. The van der Waals surface area contributed by atoms with Crippen LogP contribution in [0.2, 0.25) is 0 Å². The first-order chi connectivity index (χ1) is 5.52. The smallest absolute Gasteiger partial charge is 0.161 e. The van der Waals surface area contributed by atoms with Crippen LogP contribution in [0.3, 0.4) is 0 Å². The fourth-order valence-corrected chi connectivity index (χ4v) is 2.20. The standard InChI is InChI=1S/C7H15NO3S/c1-8(12(9,10)11)7-5-3-2-4-6-7/h7H,2-6H2,1H3,(H,9,10,11)/p-1. The predicted molar refractivity (Wildman–Crippen MR) is 44.3 cm³/mol. The lowest BCUT2D eigenvalue weighted by Crippen LogP contribution is -2.37. The highest BCUT2D eigenvalue weighted by Gasteiger charge is 2.21. The lowest BCUT2D eigenvalue weighted by Gasteiger charge is -2.32. The average molecular weight is 192 g/mol. The summed E-state index contributed by atoms with van der Waals surface area (Å²) in [7, 11) is -2.85. The predicted octanol–water partition coefficient (Wildman–Crippen LogP) is 0.711. The van der Waals surface area contributed by atoms with Crippen LogP contribution in [0.1, 0.15) is 32.1 Å². The van der Waals surface area contributed by atoms with E-state index in [1.807, 2.05) is 0 Å². The SMILES string of the molecule is CN(C1CCCCC1)S(=O)(=O)[O-]. The third kappa shape index (κ3) is 2.43. The quantitative estimate of drug-likeness (QED) is 0.605. The van der Waals surface area contributed by atoms with Crippen LogP contribution in [-0.4, -0.2) is 30.4 Å².